The molecule has 0 aliphatic carbocycles. The molecule has 0 unspecified atom stereocenters. The van der Waals surface area contributed by atoms with Gasteiger partial charge in [0.15, 0.2) is 0 Å². The van der Waals surface area contributed by atoms with Crippen LogP contribution < -0.4 is 26.4 Å². The number of anilines is 2. The lowest BCUT2D eigenvalue weighted by molar-refractivity contribution is 0.0920. The van der Waals surface area contributed by atoms with Crippen LogP contribution in [-0.2, 0) is 11.2 Å². The third kappa shape index (κ3) is 3.51. The van der Waals surface area contributed by atoms with Crippen LogP contribution in [0.4, 0.5) is 11.4 Å². The summed E-state index contributed by atoms with van der Waals surface area (Å²) in [5, 5.41) is 3.92. The van der Waals surface area contributed by atoms with E-state index >= 15 is 0 Å². The molecule has 0 bridgehead atoms. The van der Waals surface area contributed by atoms with Crippen molar-refractivity contribution in [2.75, 3.05) is 30.4 Å². The van der Waals surface area contributed by atoms with Crippen molar-refractivity contribution in [1.82, 2.24) is 10.3 Å². The second-order valence-corrected chi connectivity index (χ2v) is 10.1. The lowest BCUT2D eigenvalue weighted by Gasteiger charge is -2.29. The van der Waals surface area contributed by atoms with Gasteiger partial charge in [0.25, 0.3) is 5.91 Å². The number of nitrogens with two attached hydrogens (primary N) is 2. The third-order valence-electron chi connectivity index (χ3n) is 6.90. The summed E-state index contributed by atoms with van der Waals surface area (Å²) in [4.78, 5) is 21.1. The van der Waals surface area contributed by atoms with Gasteiger partial charge in [-0.1, -0.05) is 6.07 Å². The predicted molar refractivity (Wildman–Crippen MR) is 129 cm³/mol. The van der Waals surface area contributed by atoms with Gasteiger partial charge in [0, 0.05) is 36.0 Å². The number of hydrogen-bond donors (Lipinski definition) is 3. The fraction of sp³-hybridized carbons (Fsp3) is 0.417. The first-order valence-electron chi connectivity index (χ1n) is 11.3. The number of nitrogens with one attached hydrogen (secondary N) is 1. The third-order valence-corrected chi connectivity index (χ3v) is 8.01. The van der Waals surface area contributed by atoms with Crippen molar-refractivity contribution in [3.63, 3.8) is 0 Å². The fourth-order valence-corrected chi connectivity index (χ4v) is 6.29. The molecular weight excluding hydrogens is 438 g/mol. The Morgan fingerprint density at radius 2 is 2.18 bits per heavy atom. The number of aromatic nitrogens is 1. The van der Waals surface area contributed by atoms with Crippen LogP contribution in [0, 0.1) is 6.92 Å². The smallest absolute Gasteiger partial charge is 0.263 e. The number of nitrogen functional groups attached to an aromatic ring is 1. The zero-order valence-electron chi connectivity index (χ0n) is 18.4. The summed E-state index contributed by atoms with van der Waals surface area (Å²) in [7, 11) is 0. The highest BCUT2D eigenvalue weighted by molar-refractivity contribution is 7.21. The van der Waals surface area contributed by atoms with Gasteiger partial charge < -0.3 is 31.2 Å². The van der Waals surface area contributed by atoms with Crippen molar-refractivity contribution in [2.24, 2.45) is 5.73 Å². The van der Waals surface area contributed by atoms with E-state index in [4.69, 9.17) is 20.9 Å². The monoisotopic (exact) mass is 465 g/mol. The van der Waals surface area contributed by atoms with E-state index in [9.17, 15) is 4.79 Å². The molecule has 0 saturated carbocycles. The second kappa shape index (κ2) is 7.86. The Morgan fingerprint density at radius 1 is 1.30 bits per heavy atom. The van der Waals surface area contributed by atoms with Crippen LogP contribution in [0.1, 0.15) is 27.3 Å². The summed E-state index contributed by atoms with van der Waals surface area (Å²) in [5.74, 6) is 0.690. The van der Waals surface area contributed by atoms with E-state index in [1.54, 1.807) is 0 Å². The van der Waals surface area contributed by atoms with E-state index in [-0.39, 0.29) is 24.1 Å². The number of carbonyl (C=O) groups excluding carboxylic acids is 1. The standard InChI is InChI=1S/C24H27N5O3S/c1-12-2-5-16-20(26)22(33-24(16)27-12)23(30)28-14-8-13-3-4-15(9-19(13)32-11-14)29-10-17(25)21-18(29)6-7-31-21/h2-5,9,14,17-18,21H,6-8,10-11,25-26H2,1H3,(H,28,30)/t14-,17+,18-,21-/m1/s1. The summed E-state index contributed by atoms with van der Waals surface area (Å²) in [6.07, 6.45) is 1.82. The molecule has 0 spiro atoms. The molecule has 2 fully saturated rings. The van der Waals surface area contributed by atoms with Crippen LogP contribution in [0.5, 0.6) is 5.75 Å². The molecular formula is C24H27N5O3S. The molecule has 5 heterocycles. The van der Waals surface area contributed by atoms with E-state index in [2.05, 4.69) is 33.4 Å². The molecule has 33 heavy (non-hydrogen) atoms. The highest BCUT2D eigenvalue weighted by Crippen LogP contribution is 2.37. The van der Waals surface area contributed by atoms with Gasteiger partial charge in [-0.15, -0.1) is 11.3 Å². The second-order valence-electron chi connectivity index (χ2n) is 9.14. The van der Waals surface area contributed by atoms with Crippen molar-refractivity contribution < 1.29 is 14.3 Å². The largest absolute Gasteiger partial charge is 0.491 e. The van der Waals surface area contributed by atoms with Crippen LogP contribution >= 0.6 is 11.3 Å². The van der Waals surface area contributed by atoms with Gasteiger partial charge in [-0.2, -0.15) is 0 Å². The predicted octanol–water partition coefficient (Wildman–Crippen LogP) is 2.23. The fourth-order valence-electron chi connectivity index (χ4n) is 5.25. The summed E-state index contributed by atoms with van der Waals surface area (Å²) in [6, 6.07) is 10.4. The van der Waals surface area contributed by atoms with E-state index in [0.29, 0.717) is 29.6 Å². The first kappa shape index (κ1) is 20.7. The average Bonchev–Trinajstić information content (AvgIpc) is 3.49. The summed E-state index contributed by atoms with van der Waals surface area (Å²) < 4.78 is 11.9. The number of fused-ring (bicyclic) bond motifs is 3. The van der Waals surface area contributed by atoms with Crippen molar-refractivity contribution in [2.45, 2.75) is 44.0 Å². The summed E-state index contributed by atoms with van der Waals surface area (Å²) in [5.41, 5.74) is 16.1. The van der Waals surface area contributed by atoms with Gasteiger partial charge in [-0.25, -0.2) is 4.98 Å². The molecule has 3 aromatic rings. The molecule has 4 atom stereocenters. The van der Waals surface area contributed by atoms with Crippen molar-refractivity contribution in [3.05, 3.63) is 46.5 Å². The van der Waals surface area contributed by atoms with Gasteiger partial charge in [-0.3, -0.25) is 4.79 Å². The van der Waals surface area contributed by atoms with E-state index in [1.807, 2.05) is 19.1 Å². The molecule has 2 saturated heterocycles. The van der Waals surface area contributed by atoms with Gasteiger partial charge in [-0.05, 0) is 43.5 Å². The molecule has 8 nitrogen and oxygen atoms in total. The maximum atomic E-state index is 13.0. The molecule has 3 aliphatic rings. The molecule has 5 N–H and O–H groups in total. The molecule has 9 heteroatoms. The Hall–Kier alpha value is -2.88. The zero-order chi connectivity index (χ0) is 22.7. The number of nitrogens with zero attached hydrogens (tertiary/aromatic N) is 2. The highest BCUT2D eigenvalue weighted by Gasteiger charge is 2.44. The molecule has 3 aliphatic heterocycles. The van der Waals surface area contributed by atoms with Crippen LogP contribution in [0.3, 0.4) is 0 Å². The normalized spacial score (nSPS) is 26.2. The molecule has 2 aromatic heterocycles. The highest BCUT2D eigenvalue weighted by atomic mass is 32.1. The molecule has 0 radical (unpaired) electrons. The number of ether oxygens (including phenoxy) is 2. The quantitative estimate of drug-likeness (QED) is 0.543. The molecule has 1 amide bonds. The maximum absolute atomic E-state index is 13.0. The minimum atomic E-state index is -0.180. The number of hydrogen-bond acceptors (Lipinski definition) is 8. The van der Waals surface area contributed by atoms with E-state index < -0.39 is 0 Å². The number of thiophene rings is 1. The number of rotatable bonds is 3. The molecule has 1 aromatic carbocycles. The average molecular weight is 466 g/mol. The number of benzene rings is 1. The molecule has 6 rings (SSSR count). The van der Waals surface area contributed by atoms with Crippen LogP contribution in [0.2, 0.25) is 0 Å². The van der Waals surface area contributed by atoms with Gasteiger partial charge >= 0.3 is 0 Å². The molecule has 172 valence electrons. The number of carbonyl (C=O) groups is 1. The number of aryl methyl sites for hydroxylation is 1. The first-order valence-corrected chi connectivity index (χ1v) is 12.2. The topological polar surface area (TPSA) is 116 Å². The lowest BCUT2D eigenvalue weighted by atomic mass is 10.0. The Morgan fingerprint density at radius 3 is 3.06 bits per heavy atom. The maximum Gasteiger partial charge on any atom is 0.263 e. The minimum absolute atomic E-state index is 0.0366. The van der Waals surface area contributed by atoms with E-state index in [1.165, 1.54) is 11.3 Å². The van der Waals surface area contributed by atoms with Crippen LogP contribution in [-0.4, -0.2) is 54.9 Å². The lowest BCUT2D eigenvalue weighted by Crippen LogP contribution is -2.42. The van der Waals surface area contributed by atoms with Gasteiger partial charge in [0.05, 0.1) is 29.9 Å². The van der Waals surface area contributed by atoms with Crippen LogP contribution in [0.15, 0.2) is 30.3 Å². The van der Waals surface area contributed by atoms with Crippen molar-refractivity contribution in [3.8, 4) is 5.75 Å². The number of pyridine rings is 1. The van der Waals surface area contributed by atoms with Crippen molar-refractivity contribution in [1.29, 1.82) is 0 Å². The minimum Gasteiger partial charge on any atom is -0.491 e. The first-order chi connectivity index (χ1) is 16.0. The van der Waals surface area contributed by atoms with Crippen LogP contribution in [0.25, 0.3) is 10.2 Å². The summed E-state index contributed by atoms with van der Waals surface area (Å²) >= 11 is 1.33. The van der Waals surface area contributed by atoms with Crippen molar-refractivity contribution >= 4 is 38.8 Å². The van der Waals surface area contributed by atoms with Gasteiger partial charge in [0.2, 0.25) is 0 Å². The summed E-state index contributed by atoms with van der Waals surface area (Å²) in [6.45, 7) is 3.90. The Kier molecular flexibility index (Phi) is 4.93. The van der Waals surface area contributed by atoms with Gasteiger partial charge in [0.1, 0.15) is 22.1 Å². The Bertz CT molecular complexity index is 1240. The van der Waals surface area contributed by atoms with E-state index in [0.717, 1.165) is 52.5 Å². The zero-order valence-corrected chi connectivity index (χ0v) is 19.2. The Balaban J connectivity index is 1.17. The SMILES string of the molecule is Cc1ccc2c(N)c(C(=O)N[C@H]3COc4cc(N5C[C@H](N)[C@H]6OCC[C@H]65)ccc4C3)sc2n1. The Labute approximate surface area is 195 Å². The number of amides is 1.